The van der Waals surface area contributed by atoms with Crippen LogP contribution in [0.2, 0.25) is 0 Å². The van der Waals surface area contributed by atoms with Crippen molar-refractivity contribution in [2.45, 2.75) is 25.9 Å². The molecule has 0 saturated carbocycles. The molecule has 25 heavy (non-hydrogen) atoms. The van der Waals surface area contributed by atoms with E-state index < -0.39 is 29.7 Å². The van der Waals surface area contributed by atoms with E-state index in [1.807, 2.05) is 25.1 Å². The molecule has 1 fully saturated rings. The number of halogens is 1. The number of nitrogens with zero attached hydrogens (tertiary/aromatic N) is 4. The van der Waals surface area contributed by atoms with Gasteiger partial charge in [-0.25, -0.2) is 14.3 Å². The number of benzene rings is 2. The molecule has 0 bridgehead atoms. The monoisotopic (exact) mass is 338 g/mol. The first kappa shape index (κ1) is 15.4. The molecule has 126 valence electrons. The Labute approximate surface area is 143 Å². The zero-order valence-electron chi connectivity index (χ0n) is 13.7. The van der Waals surface area contributed by atoms with Crippen LogP contribution in [0.25, 0.3) is 0 Å². The van der Waals surface area contributed by atoms with Crippen molar-refractivity contribution in [3.8, 4) is 0 Å². The van der Waals surface area contributed by atoms with Crippen LogP contribution in [0.4, 0.5) is 15.8 Å². The second kappa shape index (κ2) is 5.47. The van der Waals surface area contributed by atoms with Crippen molar-refractivity contribution in [2.24, 2.45) is 10.3 Å². The Hall–Kier alpha value is -3.09. The van der Waals surface area contributed by atoms with E-state index in [-0.39, 0.29) is 5.69 Å². The third-order valence-electron chi connectivity index (χ3n) is 4.46. The minimum Gasteiger partial charge on any atom is -0.271 e. The maximum absolute atomic E-state index is 13.9. The van der Waals surface area contributed by atoms with E-state index in [0.717, 1.165) is 10.5 Å². The zero-order chi connectivity index (χ0) is 17.7. The van der Waals surface area contributed by atoms with E-state index in [1.54, 1.807) is 25.1 Å². The standard InChI is InChI=1S/C18H15FN4O2/c1-10-4-3-5-13(8-10)23-16-15(20-21-23)17(24)22(18(16)25)12-7-6-11(2)14(19)9-12/h3-9,15-16H,1-2H3/t15-,16-/m0/s1. The number of amides is 2. The fourth-order valence-electron chi connectivity index (χ4n) is 3.12. The Kier molecular flexibility index (Phi) is 3.38. The molecule has 6 nitrogen and oxygen atoms in total. The molecule has 2 atom stereocenters. The van der Waals surface area contributed by atoms with Gasteiger partial charge in [0.2, 0.25) is 0 Å². The lowest BCUT2D eigenvalue weighted by molar-refractivity contribution is -0.121. The molecule has 0 aliphatic carbocycles. The SMILES string of the molecule is Cc1cccc(N2N=N[C@@H]3C(=O)N(c4ccc(C)c(F)c4)C(=O)[C@H]32)c1. The summed E-state index contributed by atoms with van der Waals surface area (Å²) >= 11 is 0. The number of imide groups is 1. The number of hydrogen-bond acceptors (Lipinski definition) is 5. The Morgan fingerprint density at radius 2 is 1.80 bits per heavy atom. The number of carbonyl (C=O) groups excluding carboxylic acids is 2. The van der Waals surface area contributed by atoms with Gasteiger partial charge in [-0.1, -0.05) is 23.4 Å². The highest BCUT2D eigenvalue weighted by Crippen LogP contribution is 2.35. The molecule has 0 spiro atoms. The van der Waals surface area contributed by atoms with Gasteiger partial charge in [-0.15, -0.1) is 0 Å². The smallest absolute Gasteiger partial charge is 0.263 e. The van der Waals surface area contributed by atoms with Crippen molar-refractivity contribution in [1.29, 1.82) is 0 Å². The Balaban J connectivity index is 1.71. The number of anilines is 2. The molecule has 2 aliphatic heterocycles. The van der Waals surface area contributed by atoms with Gasteiger partial charge >= 0.3 is 0 Å². The molecular formula is C18H15FN4O2. The Morgan fingerprint density at radius 3 is 2.52 bits per heavy atom. The third-order valence-corrected chi connectivity index (χ3v) is 4.46. The van der Waals surface area contributed by atoms with E-state index in [2.05, 4.69) is 10.3 Å². The average Bonchev–Trinajstić information content (AvgIpc) is 3.12. The van der Waals surface area contributed by atoms with E-state index >= 15 is 0 Å². The summed E-state index contributed by atoms with van der Waals surface area (Å²) in [7, 11) is 0. The van der Waals surface area contributed by atoms with Gasteiger partial charge in [-0.3, -0.25) is 9.59 Å². The van der Waals surface area contributed by atoms with Crippen LogP contribution in [0.5, 0.6) is 0 Å². The molecule has 0 aromatic heterocycles. The maximum atomic E-state index is 13.9. The van der Waals surface area contributed by atoms with Crippen molar-refractivity contribution in [3.63, 3.8) is 0 Å². The van der Waals surface area contributed by atoms with Crippen LogP contribution < -0.4 is 9.91 Å². The Morgan fingerprint density at radius 1 is 1.00 bits per heavy atom. The fraction of sp³-hybridized carbons (Fsp3) is 0.222. The Bertz CT molecular complexity index is 927. The predicted octanol–water partition coefficient (Wildman–Crippen LogP) is 2.94. The van der Waals surface area contributed by atoms with Gasteiger partial charge in [0.25, 0.3) is 11.8 Å². The summed E-state index contributed by atoms with van der Waals surface area (Å²) in [5.41, 5.74) is 2.36. The summed E-state index contributed by atoms with van der Waals surface area (Å²) in [6, 6.07) is 10.0. The van der Waals surface area contributed by atoms with E-state index in [1.165, 1.54) is 11.1 Å². The van der Waals surface area contributed by atoms with Crippen LogP contribution in [0.15, 0.2) is 52.8 Å². The highest BCUT2D eigenvalue weighted by Gasteiger charge is 2.55. The van der Waals surface area contributed by atoms with Crippen LogP contribution in [0.1, 0.15) is 11.1 Å². The maximum Gasteiger partial charge on any atom is 0.263 e. The van der Waals surface area contributed by atoms with Crippen molar-refractivity contribution < 1.29 is 14.0 Å². The largest absolute Gasteiger partial charge is 0.271 e. The lowest BCUT2D eigenvalue weighted by Gasteiger charge is -2.21. The first-order valence-corrected chi connectivity index (χ1v) is 7.88. The van der Waals surface area contributed by atoms with Crippen molar-refractivity contribution in [1.82, 2.24) is 0 Å². The second-order valence-electron chi connectivity index (χ2n) is 6.22. The molecule has 4 rings (SSSR count). The molecule has 0 N–H and O–H groups in total. The van der Waals surface area contributed by atoms with E-state index in [4.69, 9.17) is 0 Å². The molecule has 1 saturated heterocycles. The topological polar surface area (TPSA) is 65.3 Å². The van der Waals surface area contributed by atoms with Gasteiger partial charge in [0.1, 0.15) is 5.82 Å². The first-order chi connectivity index (χ1) is 12.0. The average molecular weight is 338 g/mol. The molecule has 2 heterocycles. The molecule has 0 unspecified atom stereocenters. The number of aryl methyl sites for hydroxylation is 2. The molecule has 2 aromatic carbocycles. The quantitative estimate of drug-likeness (QED) is 0.791. The minimum absolute atomic E-state index is 0.215. The van der Waals surface area contributed by atoms with Crippen molar-refractivity contribution in [3.05, 3.63) is 59.4 Å². The second-order valence-corrected chi connectivity index (χ2v) is 6.22. The predicted molar refractivity (Wildman–Crippen MR) is 89.7 cm³/mol. The lowest BCUT2D eigenvalue weighted by atomic mass is 10.1. The summed E-state index contributed by atoms with van der Waals surface area (Å²) in [6.45, 7) is 3.55. The van der Waals surface area contributed by atoms with Crippen LogP contribution in [0, 0.1) is 19.7 Å². The number of carbonyl (C=O) groups is 2. The highest BCUT2D eigenvalue weighted by molar-refractivity contribution is 6.26. The van der Waals surface area contributed by atoms with Gasteiger partial charge < -0.3 is 0 Å². The van der Waals surface area contributed by atoms with Crippen molar-refractivity contribution >= 4 is 23.2 Å². The number of hydrogen-bond donors (Lipinski definition) is 0. The van der Waals surface area contributed by atoms with E-state index in [0.29, 0.717) is 11.3 Å². The van der Waals surface area contributed by atoms with Gasteiger partial charge in [-0.2, -0.15) is 5.11 Å². The molecule has 0 radical (unpaired) electrons. The highest BCUT2D eigenvalue weighted by atomic mass is 19.1. The van der Waals surface area contributed by atoms with Gasteiger partial charge in [0.15, 0.2) is 12.1 Å². The van der Waals surface area contributed by atoms with Crippen molar-refractivity contribution in [2.75, 3.05) is 9.91 Å². The van der Waals surface area contributed by atoms with Gasteiger partial charge in [-0.05, 0) is 49.2 Å². The zero-order valence-corrected chi connectivity index (χ0v) is 13.7. The summed E-state index contributed by atoms with van der Waals surface area (Å²) in [5.74, 6) is -1.41. The number of rotatable bonds is 2. The number of fused-ring (bicyclic) bond motifs is 1. The van der Waals surface area contributed by atoms with Gasteiger partial charge in [0.05, 0.1) is 11.4 Å². The van der Waals surface area contributed by atoms with Crippen LogP contribution in [-0.4, -0.2) is 23.9 Å². The molecule has 2 aliphatic rings. The first-order valence-electron chi connectivity index (χ1n) is 7.88. The van der Waals surface area contributed by atoms with Crippen LogP contribution in [-0.2, 0) is 9.59 Å². The summed E-state index contributed by atoms with van der Waals surface area (Å²) < 4.78 is 13.9. The van der Waals surface area contributed by atoms with Crippen LogP contribution in [0.3, 0.4) is 0 Å². The molecule has 2 aromatic rings. The molecule has 2 amide bonds. The third kappa shape index (κ3) is 2.31. The normalized spacial score (nSPS) is 22.0. The molecular weight excluding hydrogens is 323 g/mol. The summed E-state index contributed by atoms with van der Waals surface area (Å²) in [4.78, 5) is 26.5. The van der Waals surface area contributed by atoms with E-state index in [9.17, 15) is 14.0 Å². The summed E-state index contributed by atoms with van der Waals surface area (Å²) in [5, 5.41) is 9.45. The molecule has 7 heteroatoms. The van der Waals surface area contributed by atoms with Gasteiger partial charge in [0, 0.05) is 0 Å². The van der Waals surface area contributed by atoms with Crippen LogP contribution >= 0.6 is 0 Å². The fourth-order valence-corrected chi connectivity index (χ4v) is 3.12. The summed E-state index contributed by atoms with van der Waals surface area (Å²) in [6.07, 6.45) is 0. The minimum atomic E-state index is -0.905. The lowest BCUT2D eigenvalue weighted by Crippen LogP contribution is -2.40.